The lowest BCUT2D eigenvalue weighted by atomic mass is 9.93. The van der Waals surface area contributed by atoms with Crippen molar-refractivity contribution in [2.45, 2.75) is 13.8 Å². The predicted molar refractivity (Wildman–Crippen MR) is 84.8 cm³/mol. The van der Waals surface area contributed by atoms with Gasteiger partial charge in [0.1, 0.15) is 5.82 Å². The third kappa shape index (κ3) is 3.57. The average molecular weight is 273 g/mol. The summed E-state index contributed by atoms with van der Waals surface area (Å²) >= 11 is 0. The zero-order valence-electron chi connectivity index (χ0n) is 12.6. The number of nitrogens with two attached hydrogens (primary N) is 1. The Morgan fingerprint density at radius 2 is 1.90 bits per heavy atom. The molecule has 0 spiro atoms. The van der Waals surface area contributed by atoms with Crippen LogP contribution in [-0.2, 0) is 0 Å². The quantitative estimate of drug-likeness (QED) is 0.874. The van der Waals surface area contributed by atoms with Gasteiger partial charge in [0.2, 0.25) is 5.95 Å². The van der Waals surface area contributed by atoms with Gasteiger partial charge >= 0.3 is 0 Å². The molecule has 0 fully saturated rings. The number of anilines is 2. The Hall–Kier alpha value is -1.88. The highest BCUT2D eigenvalue weighted by Crippen LogP contribution is 2.23. The molecular formula is C15H23N5. The predicted octanol–water partition coefficient (Wildman–Crippen LogP) is 2.21. The monoisotopic (exact) mass is 273 g/mol. The van der Waals surface area contributed by atoms with E-state index in [0.717, 1.165) is 29.8 Å². The average Bonchev–Trinajstić information content (AvgIpc) is 2.34. The number of para-hydroxylation sites is 1. The Kier molecular flexibility index (Phi) is 4.09. The minimum absolute atomic E-state index is 0.143. The lowest BCUT2D eigenvalue weighted by Gasteiger charge is -2.28. The molecule has 0 atom stereocenters. The van der Waals surface area contributed by atoms with Crippen LogP contribution in [0.15, 0.2) is 24.3 Å². The van der Waals surface area contributed by atoms with Crippen LogP contribution in [-0.4, -0.2) is 42.1 Å². The van der Waals surface area contributed by atoms with Gasteiger partial charge in [-0.15, -0.1) is 0 Å². The first-order valence-electron chi connectivity index (χ1n) is 6.78. The number of fused-ring (bicyclic) bond motifs is 1. The fraction of sp³-hybridized carbons (Fsp3) is 0.467. The van der Waals surface area contributed by atoms with Gasteiger partial charge in [-0.3, -0.25) is 0 Å². The van der Waals surface area contributed by atoms with Crippen LogP contribution in [0.1, 0.15) is 13.8 Å². The van der Waals surface area contributed by atoms with E-state index < -0.39 is 0 Å². The summed E-state index contributed by atoms with van der Waals surface area (Å²) in [5, 5.41) is 4.42. The van der Waals surface area contributed by atoms with Gasteiger partial charge in [-0.1, -0.05) is 26.0 Å². The zero-order chi connectivity index (χ0) is 14.8. The van der Waals surface area contributed by atoms with Crippen LogP contribution in [0.4, 0.5) is 11.8 Å². The summed E-state index contributed by atoms with van der Waals surface area (Å²) in [5.74, 6) is 1.11. The second-order valence-electron chi connectivity index (χ2n) is 6.20. The molecule has 1 aromatic heterocycles. The van der Waals surface area contributed by atoms with Gasteiger partial charge in [0.15, 0.2) is 0 Å². The number of benzene rings is 1. The summed E-state index contributed by atoms with van der Waals surface area (Å²) in [4.78, 5) is 10.8. The van der Waals surface area contributed by atoms with Crippen LogP contribution in [0.5, 0.6) is 0 Å². The Morgan fingerprint density at radius 1 is 1.20 bits per heavy atom. The van der Waals surface area contributed by atoms with Crippen LogP contribution in [0.2, 0.25) is 0 Å². The summed E-state index contributed by atoms with van der Waals surface area (Å²) < 4.78 is 0. The van der Waals surface area contributed by atoms with Crippen molar-refractivity contribution >= 4 is 22.7 Å². The first-order chi connectivity index (χ1) is 9.37. The Morgan fingerprint density at radius 3 is 2.60 bits per heavy atom. The molecule has 5 nitrogen and oxygen atoms in total. The van der Waals surface area contributed by atoms with Crippen molar-refractivity contribution in [1.29, 1.82) is 0 Å². The molecule has 0 aliphatic carbocycles. The van der Waals surface area contributed by atoms with Gasteiger partial charge < -0.3 is 16.0 Å². The van der Waals surface area contributed by atoms with E-state index in [1.54, 1.807) is 0 Å². The molecule has 0 aliphatic heterocycles. The maximum atomic E-state index is 5.77. The van der Waals surface area contributed by atoms with Crippen molar-refractivity contribution in [3.8, 4) is 0 Å². The highest BCUT2D eigenvalue weighted by atomic mass is 15.1. The third-order valence-electron chi connectivity index (χ3n) is 3.10. The van der Waals surface area contributed by atoms with Gasteiger partial charge in [0.05, 0.1) is 5.52 Å². The molecule has 0 saturated heterocycles. The number of aromatic nitrogens is 2. The molecule has 108 valence electrons. The molecule has 0 amide bonds. The number of hydrogen-bond donors (Lipinski definition) is 2. The molecular weight excluding hydrogens is 250 g/mol. The van der Waals surface area contributed by atoms with Crippen molar-refractivity contribution in [3.05, 3.63) is 24.3 Å². The Balaban J connectivity index is 2.21. The number of hydrogen-bond acceptors (Lipinski definition) is 5. The van der Waals surface area contributed by atoms with Crippen molar-refractivity contribution < 1.29 is 0 Å². The van der Waals surface area contributed by atoms with E-state index in [4.69, 9.17) is 5.73 Å². The van der Waals surface area contributed by atoms with Gasteiger partial charge in [0.25, 0.3) is 0 Å². The van der Waals surface area contributed by atoms with E-state index in [9.17, 15) is 0 Å². The maximum absolute atomic E-state index is 5.77. The fourth-order valence-electron chi connectivity index (χ4n) is 2.46. The Labute approximate surface area is 120 Å². The van der Waals surface area contributed by atoms with Crippen LogP contribution in [0, 0.1) is 5.41 Å². The summed E-state index contributed by atoms with van der Waals surface area (Å²) in [6.45, 7) is 6.28. The summed E-state index contributed by atoms with van der Waals surface area (Å²) in [6.07, 6.45) is 0. The van der Waals surface area contributed by atoms with E-state index in [0.29, 0.717) is 5.95 Å². The van der Waals surface area contributed by atoms with Gasteiger partial charge in [-0.2, -0.15) is 4.98 Å². The Bertz CT molecular complexity index is 592. The minimum atomic E-state index is 0.143. The number of nitrogens with zero attached hydrogens (tertiary/aromatic N) is 3. The van der Waals surface area contributed by atoms with Crippen LogP contribution < -0.4 is 11.1 Å². The second-order valence-corrected chi connectivity index (χ2v) is 6.20. The number of rotatable bonds is 5. The maximum Gasteiger partial charge on any atom is 0.222 e. The standard InChI is InChI=1S/C15H23N5/c1-15(2,10-20(3)4)9-17-13-11-7-5-6-8-12(11)18-14(16)19-13/h5-8H,9-10H2,1-4H3,(H3,16,17,18,19). The lowest BCUT2D eigenvalue weighted by molar-refractivity contribution is 0.254. The van der Waals surface area contributed by atoms with E-state index in [-0.39, 0.29) is 5.41 Å². The topological polar surface area (TPSA) is 67.1 Å². The first-order valence-corrected chi connectivity index (χ1v) is 6.78. The lowest BCUT2D eigenvalue weighted by Crippen LogP contribution is -2.34. The second kappa shape index (κ2) is 5.63. The largest absolute Gasteiger partial charge is 0.369 e. The first kappa shape index (κ1) is 14.5. The molecule has 2 rings (SSSR count). The van der Waals surface area contributed by atoms with Crippen molar-refractivity contribution in [2.75, 3.05) is 38.2 Å². The van der Waals surface area contributed by atoms with Gasteiger partial charge in [-0.05, 0) is 31.6 Å². The molecule has 0 bridgehead atoms. The summed E-state index contributed by atoms with van der Waals surface area (Å²) in [5.41, 5.74) is 6.79. The molecule has 0 unspecified atom stereocenters. The summed E-state index contributed by atoms with van der Waals surface area (Å²) in [7, 11) is 4.17. The highest BCUT2D eigenvalue weighted by Gasteiger charge is 2.19. The molecule has 3 N–H and O–H groups in total. The summed E-state index contributed by atoms with van der Waals surface area (Å²) in [6, 6.07) is 7.89. The van der Waals surface area contributed by atoms with Crippen molar-refractivity contribution in [2.24, 2.45) is 5.41 Å². The van der Waals surface area contributed by atoms with Crippen LogP contribution in [0.25, 0.3) is 10.9 Å². The molecule has 0 aliphatic rings. The minimum Gasteiger partial charge on any atom is -0.369 e. The highest BCUT2D eigenvalue weighted by molar-refractivity contribution is 5.89. The fourth-order valence-corrected chi connectivity index (χ4v) is 2.46. The number of nitrogens with one attached hydrogen (secondary N) is 1. The SMILES string of the molecule is CN(C)CC(C)(C)CNc1nc(N)nc2ccccc12. The molecule has 2 aromatic rings. The number of nitrogen functional groups attached to an aromatic ring is 1. The molecule has 0 saturated carbocycles. The molecule has 0 radical (unpaired) electrons. The molecule has 5 heteroatoms. The smallest absolute Gasteiger partial charge is 0.222 e. The third-order valence-corrected chi connectivity index (χ3v) is 3.10. The van der Waals surface area contributed by atoms with E-state index in [2.05, 4.69) is 48.1 Å². The van der Waals surface area contributed by atoms with Gasteiger partial charge in [-0.25, -0.2) is 4.98 Å². The van der Waals surface area contributed by atoms with E-state index in [1.165, 1.54) is 0 Å². The van der Waals surface area contributed by atoms with E-state index >= 15 is 0 Å². The van der Waals surface area contributed by atoms with Crippen LogP contribution in [0.3, 0.4) is 0 Å². The van der Waals surface area contributed by atoms with Crippen molar-refractivity contribution in [3.63, 3.8) is 0 Å². The van der Waals surface area contributed by atoms with Crippen molar-refractivity contribution in [1.82, 2.24) is 14.9 Å². The molecule has 20 heavy (non-hydrogen) atoms. The zero-order valence-corrected chi connectivity index (χ0v) is 12.6. The van der Waals surface area contributed by atoms with Gasteiger partial charge in [0, 0.05) is 18.5 Å². The molecule has 1 heterocycles. The van der Waals surface area contributed by atoms with Crippen LogP contribution >= 0.6 is 0 Å². The van der Waals surface area contributed by atoms with E-state index in [1.807, 2.05) is 24.3 Å². The molecule has 1 aromatic carbocycles. The normalized spacial score (nSPS) is 12.1.